The highest BCUT2D eigenvalue weighted by atomic mass is 79.9. The average molecular weight is 320 g/mol. The molecule has 1 amide bonds. The van der Waals surface area contributed by atoms with Crippen LogP contribution < -0.4 is 0 Å². The Morgan fingerprint density at radius 2 is 2.00 bits per heavy atom. The lowest BCUT2D eigenvalue weighted by Gasteiger charge is -2.18. The third-order valence-electron chi connectivity index (χ3n) is 2.69. The van der Waals surface area contributed by atoms with Crippen LogP contribution in [-0.4, -0.2) is 29.2 Å². The van der Waals surface area contributed by atoms with E-state index in [2.05, 4.69) is 15.9 Å². The van der Waals surface area contributed by atoms with Gasteiger partial charge in [0.15, 0.2) is 0 Å². The Morgan fingerprint density at radius 3 is 2.56 bits per heavy atom. The molecule has 0 fully saturated rings. The highest BCUT2D eigenvalue weighted by molar-refractivity contribution is 9.09. The Labute approximate surface area is 114 Å². The lowest BCUT2D eigenvalue weighted by atomic mass is 10.1. The highest BCUT2D eigenvalue weighted by Gasteiger charge is 2.18. The van der Waals surface area contributed by atoms with Crippen molar-refractivity contribution >= 4 is 21.8 Å². The molecule has 5 heteroatoms. The molecule has 0 spiro atoms. The summed E-state index contributed by atoms with van der Waals surface area (Å²) in [5.41, 5.74) is 0.181. The monoisotopic (exact) mass is 319 g/mol. The predicted octanol–water partition coefficient (Wildman–Crippen LogP) is 3.52. The van der Waals surface area contributed by atoms with Gasteiger partial charge in [-0.15, -0.1) is 0 Å². The van der Waals surface area contributed by atoms with Crippen LogP contribution in [0.3, 0.4) is 0 Å². The zero-order chi connectivity index (χ0) is 13.9. The third-order valence-corrected chi connectivity index (χ3v) is 3.15. The van der Waals surface area contributed by atoms with E-state index in [0.29, 0.717) is 6.54 Å². The van der Waals surface area contributed by atoms with Crippen molar-refractivity contribution < 1.29 is 13.6 Å². The van der Waals surface area contributed by atoms with Gasteiger partial charge in [-0.2, -0.15) is 0 Å². The van der Waals surface area contributed by atoms with Gasteiger partial charge in [-0.25, -0.2) is 8.78 Å². The fourth-order valence-corrected chi connectivity index (χ4v) is 1.70. The fraction of sp³-hybridized carbons (Fsp3) is 0.462. The number of halogens is 3. The van der Waals surface area contributed by atoms with Crippen LogP contribution in [0.25, 0.3) is 0 Å². The summed E-state index contributed by atoms with van der Waals surface area (Å²) in [7, 11) is 1.61. The molecule has 0 N–H and O–H groups in total. The summed E-state index contributed by atoms with van der Waals surface area (Å²) in [6, 6.07) is 2.00. The van der Waals surface area contributed by atoms with Crippen LogP contribution >= 0.6 is 15.9 Å². The zero-order valence-electron chi connectivity index (χ0n) is 10.6. The SMILES string of the molecule is Cc1cc(C(=O)N(C)CCC(C)Br)c(F)cc1F. The van der Waals surface area contributed by atoms with E-state index in [1.807, 2.05) is 6.92 Å². The van der Waals surface area contributed by atoms with Crippen molar-refractivity contribution in [1.29, 1.82) is 0 Å². The van der Waals surface area contributed by atoms with E-state index < -0.39 is 17.5 Å². The number of hydrogen-bond acceptors (Lipinski definition) is 1. The smallest absolute Gasteiger partial charge is 0.256 e. The van der Waals surface area contributed by atoms with Gasteiger partial charge in [0.1, 0.15) is 11.6 Å². The van der Waals surface area contributed by atoms with E-state index in [-0.39, 0.29) is 16.0 Å². The standard InChI is InChI=1S/C13H16BrF2NO/c1-8-6-10(12(16)7-11(8)15)13(18)17(3)5-4-9(2)14/h6-7,9H,4-5H2,1-3H3. The molecule has 0 radical (unpaired) electrons. The lowest BCUT2D eigenvalue weighted by molar-refractivity contribution is 0.0789. The predicted molar refractivity (Wildman–Crippen MR) is 71.1 cm³/mol. The fourth-order valence-electron chi connectivity index (χ4n) is 1.50. The van der Waals surface area contributed by atoms with Crippen molar-refractivity contribution in [2.75, 3.05) is 13.6 Å². The largest absolute Gasteiger partial charge is 0.342 e. The van der Waals surface area contributed by atoms with Gasteiger partial charge in [-0.3, -0.25) is 4.79 Å². The molecule has 1 unspecified atom stereocenters. The maximum atomic E-state index is 13.5. The number of hydrogen-bond donors (Lipinski definition) is 0. The maximum absolute atomic E-state index is 13.5. The molecule has 0 aromatic heterocycles. The van der Waals surface area contributed by atoms with Crippen LogP contribution in [0, 0.1) is 18.6 Å². The van der Waals surface area contributed by atoms with Crippen LogP contribution in [0.5, 0.6) is 0 Å². The van der Waals surface area contributed by atoms with Crippen molar-refractivity contribution in [1.82, 2.24) is 4.90 Å². The number of amides is 1. The summed E-state index contributed by atoms with van der Waals surface area (Å²) >= 11 is 3.38. The van der Waals surface area contributed by atoms with Crippen molar-refractivity contribution in [3.63, 3.8) is 0 Å². The second kappa shape index (κ2) is 6.27. The molecule has 0 bridgehead atoms. The molecule has 1 aromatic carbocycles. The Balaban J connectivity index is 2.87. The molecule has 0 heterocycles. The number of alkyl halides is 1. The number of aryl methyl sites for hydroxylation is 1. The Morgan fingerprint density at radius 1 is 1.39 bits per heavy atom. The van der Waals surface area contributed by atoms with Gasteiger partial charge < -0.3 is 4.90 Å². The minimum atomic E-state index is -0.818. The Hall–Kier alpha value is -0.970. The second-order valence-corrected chi connectivity index (χ2v) is 5.94. The zero-order valence-corrected chi connectivity index (χ0v) is 12.2. The first kappa shape index (κ1) is 15.1. The van der Waals surface area contributed by atoms with Crippen LogP contribution in [0.2, 0.25) is 0 Å². The van der Waals surface area contributed by atoms with Gasteiger partial charge in [-0.1, -0.05) is 22.9 Å². The van der Waals surface area contributed by atoms with E-state index in [1.165, 1.54) is 17.9 Å². The normalized spacial score (nSPS) is 12.3. The van der Waals surface area contributed by atoms with Crippen LogP contribution in [0.1, 0.15) is 29.3 Å². The van der Waals surface area contributed by atoms with Gasteiger partial charge in [0.05, 0.1) is 5.56 Å². The number of benzene rings is 1. The molecule has 0 aliphatic heterocycles. The van der Waals surface area contributed by atoms with Crippen molar-refractivity contribution in [3.8, 4) is 0 Å². The van der Waals surface area contributed by atoms with E-state index in [9.17, 15) is 13.6 Å². The molecule has 0 saturated heterocycles. The van der Waals surface area contributed by atoms with Crippen LogP contribution in [0.4, 0.5) is 8.78 Å². The van der Waals surface area contributed by atoms with Crippen molar-refractivity contribution in [3.05, 3.63) is 34.9 Å². The van der Waals surface area contributed by atoms with Gasteiger partial charge in [0, 0.05) is 24.5 Å². The van der Waals surface area contributed by atoms with E-state index in [0.717, 1.165) is 12.5 Å². The molecular formula is C13H16BrF2NO. The first-order valence-corrected chi connectivity index (χ1v) is 6.59. The first-order chi connectivity index (χ1) is 8.32. The minimum absolute atomic E-state index is 0.0846. The molecule has 18 heavy (non-hydrogen) atoms. The summed E-state index contributed by atoms with van der Waals surface area (Å²) in [4.78, 5) is 13.7. The van der Waals surface area contributed by atoms with Gasteiger partial charge in [-0.05, 0) is 25.0 Å². The number of rotatable bonds is 4. The number of carbonyl (C=O) groups excluding carboxylic acids is 1. The maximum Gasteiger partial charge on any atom is 0.256 e. The molecule has 1 aromatic rings. The number of carbonyl (C=O) groups is 1. The second-order valence-electron chi connectivity index (χ2n) is 4.38. The molecule has 1 atom stereocenters. The third kappa shape index (κ3) is 3.77. The summed E-state index contributed by atoms with van der Waals surface area (Å²) in [5.74, 6) is -1.88. The van der Waals surface area contributed by atoms with Crippen molar-refractivity contribution in [2.45, 2.75) is 25.1 Å². The molecule has 0 aliphatic rings. The molecule has 0 saturated carbocycles. The molecule has 0 aliphatic carbocycles. The molecule has 100 valence electrons. The molecule has 2 nitrogen and oxygen atoms in total. The van der Waals surface area contributed by atoms with Crippen LogP contribution in [0.15, 0.2) is 12.1 Å². The minimum Gasteiger partial charge on any atom is -0.342 e. The Bertz CT molecular complexity index is 449. The summed E-state index contributed by atoms with van der Waals surface area (Å²) in [5, 5.41) is 0. The van der Waals surface area contributed by atoms with E-state index in [4.69, 9.17) is 0 Å². The first-order valence-electron chi connectivity index (χ1n) is 5.68. The van der Waals surface area contributed by atoms with Gasteiger partial charge in [0.2, 0.25) is 0 Å². The average Bonchev–Trinajstić information content (AvgIpc) is 2.29. The van der Waals surface area contributed by atoms with Gasteiger partial charge in [0.25, 0.3) is 5.91 Å². The topological polar surface area (TPSA) is 20.3 Å². The summed E-state index contributed by atoms with van der Waals surface area (Å²) in [6.07, 6.45) is 0.768. The number of nitrogens with zero attached hydrogens (tertiary/aromatic N) is 1. The molecule has 1 rings (SSSR count). The summed E-state index contributed by atoms with van der Waals surface area (Å²) in [6.45, 7) is 3.99. The summed E-state index contributed by atoms with van der Waals surface area (Å²) < 4.78 is 26.7. The van der Waals surface area contributed by atoms with E-state index in [1.54, 1.807) is 7.05 Å². The van der Waals surface area contributed by atoms with Crippen molar-refractivity contribution in [2.24, 2.45) is 0 Å². The highest BCUT2D eigenvalue weighted by Crippen LogP contribution is 2.16. The quantitative estimate of drug-likeness (QED) is 0.778. The van der Waals surface area contributed by atoms with Gasteiger partial charge >= 0.3 is 0 Å². The van der Waals surface area contributed by atoms with Crippen LogP contribution in [-0.2, 0) is 0 Å². The lowest BCUT2D eigenvalue weighted by Crippen LogP contribution is -2.29. The van der Waals surface area contributed by atoms with E-state index >= 15 is 0 Å². The molecular weight excluding hydrogens is 304 g/mol. The Kier molecular flexibility index (Phi) is 5.26.